The second kappa shape index (κ2) is 7.65. The molecule has 1 aromatic heterocycles. The summed E-state index contributed by atoms with van der Waals surface area (Å²) in [6, 6.07) is 11.4. The minimum absolute atomic E-state index is 0.00317. The molecule has 4 rings (SSSR count). The molecule has 1 fully saturated rings. The van der Waals surface area contributed by atoms with Crippen molar-refractivity contribution in [2.75, 3.05) is 19.9 Å². The van der Waals surface area contributed by atoms with E-state index in [0.29, 0.717) is 26.1 Å². The number of carbonyl (C=O) groups is 2. The molecule has 0 saturated carbocycles. The van der Waals surface area contributed by atoms with E-state index in [-0.39, 0.29) is 30.9 Å². The van der Waals surface area contributed by atoms with Crippen LogP contribution < -0.4 is 14.8 Å². The highest BCUT2D eigenvalue weighted by molar-refractivity contribution is 5.89. The third kappa shape index (κ3) is 4.02. The maximum Gasteiger partial charge on any atom is 0.231 e. The molecule has 27 heavy (non-hydrogen) atoms. The molecule has 0 aliphatic carbocycles. The number of benzene rings is 1. The molecule has 1 N–H and O–H groups in total. The van der Waals surface area contributed by atoms with Crippen molar-refractivity contribution in [3.05, 3.63) is 53.9 Å². The summed E-state index contributed by atoms with van der Waals surface area (Å²) in [6.45, 7) is 1.65. The van der Waals surface area contributed by atoms with Gasteiger partial charge in [0.15, 0.2) is 11.5 Å². The van der Waals surface area contributed by atoms with E-state index in [4.69, 9.17) is 9.47 Å². The van der Waals surface area contributed by atoms with Gasteiger partial charge in [-0.25, -0.2) is 0 Å². The Kier molecular flexibility index (Phi) is 4.91. The van der Waals surface area contributed by atoms with Crippen LogP contribution in [0.4, 0.5) is 0 Å². The summed E-state index contributed by atoms with van der Waals surface area (Å²) >= 11 is 0. The normalized spacial score (nSPS) is 18.0. The standard InChI is InChI=1S/C20H21N3O4/c24-19-10-15(11-23(19)12-16-3-1-2-7-21-16)20(25)22-8-6-14-4-5-17-18(9-14)27-13-26-17/h1-5,7,9,15H,6,8,10-13H2,(H,22,25)/t15-/m0/s1. The van der Waals surface area contributed by atoms with E-state index in [2.05, 4.69) is 10.3 Å². The van der Waals surface area contributed by atoms with Gasteiger partial charge < -0.3 is 19.7 Å². The summed E-state index contributed by atoms with van der Waals surface area (Å²) in [5.74, 6) is 1.10. The minimum atomic E-state index is -0.307. The molecule has 1 aromatic carbocycles. The van der Waals surface area contributed by atoms with Crippen molar-refractivity contribution in [2.45, 2.75) is 19.4 Å². The van der Waals surface area contributed by atoms with Crippen LogP contribution in [-0.4, -0.2) is 41.6 Å². The number of pyridine rings is 1. The van der Waals surface area contributed by atoms with E-state index in [1.807, 2.05) is 36.4 Å². The predicted molar refractivity (Wildman–Crippen MR) is 97.0 cm³/mol. The number of hydrogen-bond donors (Lipinski definition) is 1. The van der Waals surface area contributed by atoms with Gasteiger partial charge in [-0.05, 0) is 36.2 Å². The zero-order valence-corrected chi connectivity index (χ0v) is 14.9. The lowest BCUT2D eigenvalue weighted by molar-refractivity contribution is -0.129. The topological polar surface area (TPSA) is 80.8 Å². The number of aromatic nitrogens is 1. The molecule has 7 heteroatoms. The maximum absolute atomic E-state index is 12.4. The largest absolute Gasteiger partial charge is 0.454 e. The number of ether oxygens (including phenoxy) is 2. The summed E-state index contributed by atoms with van der Waals surface area (Å²) in [7, 11) is 0. The van der Waals surface area contributed by atoms with Crippen LogP contribution in [0.1, 0.15) is 17.7 Å². The fourth-order valence-corrected chi connectivity index (χ4v) is 3.36. The first-order valence-electron chi connectivity index (χ1n) is 9.03. The first-order chi connectivity index (χ1) is 13.2. The average molecular weight is 367 g/mol. The molecule has 2 aliphatic heterocycles. The number of amides is 2. The van der Waals surface area contributed by atoms with Gasteiger partial charge in [0.05, 0.1) is 18.2 Å². The van der Waals surface area contributed by atoms with E-state index < -0.39 is 0 Å². The number of rotatable bonds is 6. The lowest BCUT2D eigenvalue weighted by Crippen LogP contribution is -2.34. The van der Waals surface area contributed by atoms with Crippen LogP contribution in [-0.2, 0) is 22.6 Å². The Morgan fingerprint density at radius 3 is 2.96 bits per heavy atom. The highest BCUT2D eigenvalue weighted by Gasteiger charge is 2.34. The molecule has 140 valence electrons. The molecule has 1 atom stereocenters. The molecular weight excluding hydrogens is 346 g/mol. The van der Waals surface area contributed by atoms with Crippen molar-refractivity contribution in [1.82, 2.24) is 15.2 Å². The Bertz CT molecular complexity index is 840. The van der Waals surface area contributed by atoms with Crippen LogP contribution in [0, 0.1) is 5.92 Å². The van der Waals surface area contributed by atoms with E-state index in [9.17, 15) is 9.59 Å². The Hall–Kier alpha value is -3.09. The van der Waals surface area contributed by atoms with E-state index in [1.165, 1.54) is 0 Å². The van der Waals surface area contributed by atoms with Crippen molar-refractivity contribution in [1.29, 1.82) is 0 Å². The monoisotopic (exact) mass is 367 g/mol. The summed E-state index contributed by atoms with van der Waals surface area (Å²) < 4.78 is 10.7. The van der Waals surface area contributed by atoms with Crippen LogP contribution >= 0.6 is 0 Å². The summed E-state index contributed by atoms with van der Waals surface area (Å²) in [4.78, 5) is 30.5. The van der Waals surface area contributed by atoms with Crippen LogP contribution in [0.5, 0.6) is 11.5 Å². The molecule has 0 radical (unpaired) electrons. The number of hydrogen-bond acceptors (Lipinski definition) is 5. The van der Waals surface area contributed by atoms with Gasteiger partial charge in [0.1, 0.15) is 0 Å². The van der Waals surface area contributed by atoms with Gasteiger partial charge in [-0.15, -0.1) is 0 Å². The van der Waals surface area contributed by atoms with Crippen molar-refractivity contribution in [3.8, 4) is 11.5 Å². The van der Waals surface area contributed by atoms with Crippen molar-refractivity contribution < 1.29 is 19.1 Å². The lowest BCUT2D eigenvalue weighted by atomic mass is 10.1. The van der Waals surface area contributed by atoms with Crippen molar-refractivity contribution in [3.63, 3.8) is 0 Å². The molecule has 2 amide bonds. The third-order valence-corrected chi connectivity index (χ3v) is 4.81. The molecule has 0 bridgehead atoms. The lowest BCUT2D eigenvalue weighted by Gasteiger charge is -2.16. The molecule has 3 heterocycles. The highest BCUT2D eigenvalue weighted by Crippen LogP contribution is 2.32. The summed E-state index contributed by atoms with van der Waals surface area (Å²) in [5.41, 5.74) is 1.90. The van der Waals surface area contributed by atoms with Gasteiger partial charge in [0.25, 0.3) is 0 Å². The number of nitrogens with zero attached hydrogens (tertiary/aromatic N) is 2. The van der Waals surface area contributed by atoms with Gasteiger partial charge >= 0.3 is 0 Å². The van der Waals surface area contributed by atoms with E-state index >= 15 is 0 Å². The third-order valence-electron chi connectivity index (χ3n) is 4.81. The molecule has 2 aliphatic rings. The first kappa shape index (κ1) is 17.3. The minimum Gasteiger partial charge on any atom is -0.454 e. The van der Waals surface area contributed by atoms with Crippen LogP contribution in [0.2, 0.25) is 0 Å². The quantitative estimate of drug-likeness (QED) is 0.837. The van der Waals surface area contributed by atoms with E-state index in [0.717, 1.165) is 22.8 Å². The predicted octanol–water partition coefficient (Wildman–Crippen LogP) is 1.52. The average Bonchev–Trinajstić information content (AvgIpc) is 3.29. The molecular formula is C20H21N3O4. The smallest absolute Gasteiger partial charge is 0.231 e. The maximum atomic E-state index is 12.4. The Balaban J connectivity index is 1.26. The fourth-order valence-electron chi connectivity index (χ4n) is 3.36. The molecule has 0 unspecified atom stereocenters. The van der Waals surface area contributed by atoms with Gasteiger partial charge in [0.2, 0.25) is 18.6 Å². The second-order valence-electron chi connectivity index (χ2n) is 6.73. The van der Waals surface area contributed by atoms with Gasteiger partial charge in [-0.2, -0.15) is 0 Å². The van der Waals surface area contributed by atoms with Gasteiger partial charge in [-0.3, -0.25) is 14.6 Å². The highest BCUT2D eigenvalue weighted by atomic mass is 16.7. The Labute approximate surface area is 157 Å². The number of carbonyl (C=O) groups excluding carboxylic acids is 2. The summed E-state index contributed by atoms with van der Waals surface area (Å²) in [5, 5.41) is 2.94. The molecule has 7 nitrogen and oxygen atoms in total. The number of likely N-dealkylation sites (tertiary alicyclic amines) is 1. The van der Waals surface area contributed by atoms with E-state index in [1.54, 1.807) is 11.1 Å². The number of fused-ring (bicyclic) bond motifs is 1. The van der Waals surface area contributed by atoms with Crippen LogP contribution in [0.3, 0.4) is 0 Å². The first-order valence-corrected chi connectivity index (χ1v) is 9.03. The van der Waals surface area contributed by atoms with Crippen LogP contribution in [0.25, 0.3) is 0 Å². The molecule has 2 aromatic rings. The molecule has 0 spiro atoms. The Morgan fingerprint density at radius 1 is 1.22 bits per heavy atom. The second-order valence-corrected chi connectivity index (χ2v) is 6.73. The van der Waals surface area contributed by atoms with Gasteiger partial charge in [-0.1, -0.05) is 12.1 Å². The fraction of sp³-hybridized carbons (Fsp3) is 0.350. The number of nitrogens with one attached hydrogen (secondary N) is 1. The van der Waals surface area contributed by atoms with Crippen molar-refractivity contribution in [2.24, 2.45) is 5.92 Å². The Morgan fingerprint density at radius 2 is 2.11 bits per heavy atom. The van der Waals surface area contributed by atoms with Crippen molar-refractivity contribution >= 4 is 11.8 Å². The van der Waals surface area contributed by atoms with Gasteiger partial charge in [0, 0.05) is 25.7 Å². The zero-order chi connectivity index (χ0) is 18.6. The SMILES string of the molecule is O=C(NCCc1ccc2c(c1)OCO2)[C@H]1CC(=O)N(Cc2ccccn2)C1. The summed E-state index contributed by atoms with van der Waals surface area (Å²) in [6.07, 6.45) is 2.65. The molecule has 1 saturated heterocycles. The van der Waals surface area contributed by atoms with Crippen LogP contribution in [0.15, 0.2) is 42.6 Å². The zero-order valence-electron chi connectivity index (χ0n) is 14.9.